The number of para-hydroxylation sites is 2. The molecule has 0 aliphatic rings. The highest BCUT2D eigenvalue weighted by Crippen LogP contribution is 2.34. The van der Waals surface area contributed by atoms with Gasteiger partial charge in [-0.25, -0.2) is 9.53 Å². The average Bonchev–Trinajstić information content (AvgIpc) is 3.15. The molecule has 0 spiro atoms. The van der Waals surface area contributed by atoms with Crippen LogP contribution in [0.25, 0.3) is 22.2 Å². The summed E-state index contributed by atoms with van der Waals surface area (Å²) in [5, 5.41) is 14.2. The fourth-order valence-corrected chi connectivity index (χ4v) is 3.06. The van der Waals surface area contributed by atoms with Crippen LogP contribution in [0.2, 0.25) is 0 Å². The number of ether oxygens (including phenoxy) is 1. The maximum Gasteiger partial charge on any atom is 0.256 e. The molecule has 1 aromatic heterocycles. The molecule has 0 aliphatic heterocycles. The number of allylic oxidation sites excluding steroid dienone is 1. The molecule has 6 heteroatoms. The van der Waals surface area contributed by atoms with Gasteiger partial charge in [0.2, 0.25) is 0 Å². The lowest BCUT2D eigenvalue weighted by atomic mass is 10.1. The number of benzene rings is 3. The van der Waals surface area contributed by atoms with Crippen molar-refractivity contribution in [2.75, 3.05) is 5.73 Å². The van der Waals surface area contributed by atoms with Gasteiger partial charge >= 0.3 is 0 Å². The number of nitrogens with zero attached hydrogens (tertiary/aromatic N) is 4. The largest absolute Gasteiger partial charge is 0.457 e. The second kappa shape index (κ2) is 8.69. The van der Waals surface area contributed by atoms with Gasteiger partial charge in [0.15, 0.2) is 0 Å². The zero-order valence-corrected chi connectivity index (χ0v) is 16.4. The van der Waals surface area contributed by atoms with Gasteiger partial charge in [-0.1, -0.05) is 48.5 Å². The number of nitrogen functional groups attached to an aromatic ring is 1. The second-order valence-electron chi connectivity index (χ2n) is 6.60. The van der Waals surface area contributed by atoms with Gasteiger partial charge in [0.1, 0.15) is 29.1 Å². The number of nitrogens with two attached hydrogens (primary N) is 1. The minimum absolute atomic E-state index is 0.153. The molecule has 4 aromatic rings. The third kappa shape index (κ3) is 4.14. The van der Waals surface area contributed by atoms with E-state index in [1.165, 1.54) is 4.68 Å². The third-order valence-electron chi connectivity index (χ3n) is 4.55. The molecule has 6 nitrogen and oxygen atoms in total. The number of aromatic nitrogens is 2. The minimum Gasteiger partial charge on any atom is -0.457 e. The monoisotopic (exact) mass is 403 g/mol. The van der Waals surface area contributed by atoms with Gasteiger partial charge in [0.25, 0.3) is 5.69 Å². The minimum atomic E-state index is 0.153. The fourth-order valence-electron chi connectivity index (χ4n) is 3.06. The van der Waals surface area contributed by atoms with Crippen LogP contribution in [0.1, 0.15) is 11.3 Å². The lowest BCUT2D eigenvalue weighted by Crippen LogP contribution is -2.01. The lowest BCUT2D eigenvalue weighted by Gasteiger charge is -2.05. The van der Waals surface area contributed by atoms with Gasteiger partial charge in [-0.2, -0.15) is 10.4 Å². The molecule has 0 aliphatic carbocycles. The van der Waals surface area contributed by atoms with E-state index in [0.29, 0.717) is 5.75 Å². The van der Waals surface area contributed by atoms with Crippen molar-refractivity contribution in [3.63, 3.8) is 0 Å². The maximum atomic E-state index is 9.74. The van der Waals surface area contributed by atoms with E-state index in [4.69, 9.17) is 17.0 Å². The Kier molecular flexibility index (Phi) is 5.47. The summed E-state index contributed by atoms with van der Waals surface area (Å²) in [7, 11) is 0. The zero-order valence-electron chi connectivity index (χ0n) is 16.4. The van der Waals surface area contributed by atoms with Crippen LogP contribution in [0.15, 0.2) is 84.9 Å². The molecule has 2 N–H and O–H groups in total. The van der Waals surface area contributed by atoms with Crippen LogP contribution in [-0.2, 0) is 0 Å². The summed E-state index contributed by atoms with van der Waals surface area (Å²) in [6, 6.07) is 28.2. The van der Waals surface area contributed by atoms with Crippen molar-refractivity contribution in [2.24, 2.45) is 0 Å². The van der Waals surface area contributed by atoms with E-state index in [-0.39, 0.29) is 22.8 Å². The number of nitriles is 1. The van der Waals surface area contributed by atoms with E-state index in [0.717, 1.165) is 17.0 Å². The highest BCUT2D eigenvalue weighted by molar-refractivity contribution is 5.95. The summed E-state index contributed by atoms with van der Waals surface area (Å²) in [6.45, 7) is 7.52. The summed E-state index contributed by atoms with van der Waals surface area (Å²) in [6.07, 6.45) is 1.68. The highest BCUT2D eigenvalue weighted by Gasteiger charge is 2.20. The number of hydrogen-bond acceptors (Lipinski definition) is 4. The summed E-state index contributed by atoms with van der Waals surface area (Å²) < 4.78 is 7.27. The Hall–Kier alpha value is -4.81. The number of anilines is 1. The van der Waals surface area contributed by atoms with Gasteiger partial charge in [-0.3, -0.25) is 0 Å². The quantitative estimate of drug-likeness (QED) is 0.334. The molecule has 148 valence electrons. The highest BCUT2D eigenvalue weighted by atomic mass is 16.5. The summed E-state index contributed by atoms with van der Waals surface area (Å²) in [4.78, 5) is 3.52. The lowest BCUT2D eigenvalue weighted by molar-refractivity contribution is 0.482. The van der Waals surface area contributed by atoms with Crippen molar-refractivity contribution in [3.05, 3.63) is 108 Å². The summed E-state index contributed by atoms with van der Waals surface area (Å²) >= 11 is 0. The Bertz CT molecular complexity index is 1310. The van der Waals surface area contributed by atoms with Crippen molar-refractivity contribution in [1.82, 2.24) is 9.78 Å². The van der Waals surface area contributed by atoms with E-state index in [1.807, 2.05) is 84.9 Å². The molecule has 0 bridgehead atoms. The third-order valence-corrected chi connectivity index (χ3v) is 4.55. The van der Waals surface area contributed by atoms with Gasteiger partial charge in [-0.05, 0) is 48.0 Å². The molecular weight excluding hydrogens is 386 g/mol. The summed E-state index contributed by atoms with van der Waals surface area (Å²) in [5.74, 6) is 1.62. The Labute approximate surface area is 179 Å². The molecule has 0 saturated heterocycles. The molecule has 1 heterocycles. The van der Waals surface area contributed by atoms with Crippen molar-refractivity contribution in [1.29, 1.82) is 5.26 Å². The molecule has 0 atom stereocenters. The van der Waals surface area contributed by atoms with Crippen LogP contribution in [0, 0.1) is 17.9 Å². The predicted octanol–water partition coefficient (Wildman–Crippen LogP) is 5.86. The fraction of sp³-hybridized carbons (Fsp3) is 0. The van der Waals surface area contributed by atoms with Crippen molar-refractivity contribution in [2.45, 2.75) is 0 Å². The van der Waals surface area contributed by atoms with Crippen LogP contribution in [-0.4, -0.2) is 9.78 Å². The molecule has 0 saturated carbocycles. The smallest absolute Gasteiger partial charge is 0.256 e. The Morgan fingerprint density at radius 2 is 1.58 bits per heavy atom. The van der Waals surface area contributed by atoms with Crippen molar-refractivity contribution in [3.8, 4) is 23.3 Å². The molecule has 3 aromatic carbocycles. The first kappa shape index (κ1) is 19.5. The molecular formula is C25H17N5O. The first-order valence-corrected chi connectivity index (χ1v) is 9.46. The molecule has 0 amide bonds. The van der Waals surface area contributed by atoms with Crippen LogP contribution in [0.4, 0.5) is 11.5 Å². The average molecular weight is 403 g/mol. The first-order valence-electron chi connectivity index (χ1n) is 9.46. The second-order valence-corrected chi connectivity index (χ2v) is 6.60. The molecule has 0 unspecified atom stereocenters. The van der Waals surface area contributed by atoms with Crippen molar-refractivity contribution >= 4 is 23.2 Å². The van der Waals surface area contributed by atoms with Gasteiger partial charge in [-0.15, -0.1) is 0 Å². The van der Waals surface area contributed by atoms with Crippen LogP contribution < -0.4 is 10.5 Å². The number of rotatable bonds is 5. The molecule has 4 rings (SSSR count). The van der Waals surface area contributed by atoms with Gasteiger partial charge in [0.05, 0.1) is 17.8 Å². The van der Waals surface area contributed by atoms with E-state index < -0.39 is 0 Å². The van der Waals surface area contributed by atoms with Crippen LogP contribution in [0.5, 0.6) is 11.5 Å². The van der Waals surface area contributed by atoms with E-state index in [1.54, 1.807) is 6.08 Å². The standard InChI is InChI=1S/C25H17N5O/c1-28-24-23(29-30(25(24)27)20-8-4-2-5-9-20)19(17-26)16-18-12-14-22(15-13-18)31-21-10-6-3-7-11-21/h2-16H,27H2/b19-16+. The first-order chi connectivity index (χ1) is 15.2. The number of hydrogen-bond donors (Lipinski definition) is 1. The van der Waals surface area contributed by atoms with E-state index in [2.05, 4.69) is 16.0 Å². The Balaban J connectivity index is 1.66. The summed E-state index contributed by atoms with van der Waals surface area (Å²) in [5.41, 5.74) is 8.32. The van der Waals surface area contributed by atoms with Gasteiger partial charge in [0, 0.05) is 0 Å². The normalized spacial score (nSPS) is 10.8. The van der Waals surface area contributed by atoms with Crippen molar-refractivity contribution < 1.29 is 4.74 Å². The SMILES string of the molecule is [C-]#[N+]c1c(/C(C#N)=C/c2ccc(Oc3ccccc3)cc2)nn(-c2ccccc2)c1N. The molecule has 0 radical (unpaired) electrons. The van der Waals surface area contributed by atoms with Crippen LogP contribution >= 0.6 is 0 Å². The molecule has 0 fully saturated rings. The topological polar surface area (TPSA) is 81.2 Å². The van der Waals surface area contributed by atoms with Gasteiger partial charge < -0.3 is 10.5 Å². The predicted molar refractivity (Wildman–Crippen MR) is 121 cm³/mol. The maximum absolute atomic E-state index is 9.74. The Morgan fingerprint density at radius 3 is 2.19 bits per heavy atom. The van der Waals surface area contributed by atoms with E-state index >= 15 is 0 Å². The molecule has 31 heavy (non-hydrogen) atoms. The zero-order chi connectivity index (χ0) is 21.6. The Morgan fingerprint density at radius 1 is 0.968 bits per heavy atom. The van der Waals surface area contributed by atoms with Crippen LogP contribution in [0.3, 0.4) is 0 Å². The van der Waals surface area contributed by atoms with E-state index in [9.17, 15) is 5.26 Å².